The molecule has 0 fully saturated rings. The second-order valence-corrected chi connectivity index (χ2v) is 3.90. The molecule has 0 aliphatic carbocycles. The monoisotopic (exact) mass is 179 g/mol. The van der Waals surface area contributed by atoms with E-state index in [4.69, 9.17) is 0 Å². The number of aromatic amines is 1. The van der Waals surface area contributed by atoms with Gasteiger partial charge in [0.2, 0.25) is 0 Å². The van der Waals surface area contributed by atoms with Crippen LogP contribution in [0.5, 0.6) is 0 Å². The Balaban J connectivity index is 3.50. The Morgan fingerprint density at radius 2 is 1.54 bits per heavy atom. The molecule has 0 aliphatic heterocycles. The maximum atomic E-state index is 11.5. The Morgan fingerprint density at radius 1 is 1.00 bits per heavy atom. The minimum absolute atomic E-state index is 0.0480. The summed E-state index contributed by atoms with van der Waals surface area (Å²) in [5.74, 6) is 0.381. The van der Waals surface area contributed by atoms with Gasteiger partial charge in [-0.05, 0) is 37.8 Å². The van der Waals surface area contributed by atoms with Crippen molar-refractivity contribution in [2.24, 2.45) is 0 Å². The number of H-pyrrole nitrogens is 1. The van der Waals surface area contributed by atoms with Gasteiger partial charge in [-0.2, -0.15) is 0 Å². The smallest absolute Gasteiger partial charge is 0.251 e. The predicted octanol–water partition coefficient (Wildman–Crippen LogP) is 2.42. The first kappa shape index (κ1) is 10.0. The largest absolute Gasteiger partial charge is 0.325 e. The van der Waals surface area contributed by atoms with Crippen molar-refractivity contribution >= 4 is 0 Å². The Morgan fingerprint density at radius 3 is 2.00 bits per heavy atom. The van der Waals surface area contributed by atoms with Gasteiger partial charge in [0.1, 0.15) is 0 Å². The van der Waals surface area contributed by atoms with Crippen LogP contribution in [0.1, 0.15) is 42.1 Å². The molecule has 1 N–H and O–H groups in total. The molecule has 0 aromatic carbocycles. The molecule has 13 heavy (non-hydrogen) atoms. The van der Waals surface area contributed by atoms with E-state index in [1.165, 1.54) is 5.56 Å². The molecule has 72 valence electrons. The van der Waals surface area contributed by atoms with Crippen molar-refractivity contribution in [2.75, 3.05) is 0 Å². The average Bonchev–Trinajstić information content (AvgIpc) is 2.07. The van der Waals surface area contributed by atoms with E-state index in [0.717, 1.165) is 16.8 Å². The van der Waals surface area contributed by atoms with Crippen LogP contribution in [0.15, 0.2) is 4.79 Å². The highest BCUT2D eigenvalue weighted by atomic mass is 16.1. The molecular weight excluding hydrogens is 162 g/mol. The van der Waals surface area contributed by atoms with Crippen molar-refractivity contribution in [3.05, 3.63) is 32.7 Å². The molecule has 0 bridgehead atoms. The van der Waals surface area contributed by atoms with Gasteiger partial charge in [-0.15, -0.1) is 0 Å². The molecule has 0 saturated carbocycles. The molecule has 0 aliphatic rings. The van der Waals surface area contributed by atoms with Crippen molar-refractivity contribution in [3.8, 4) is 0 Å². The predicted molar refractivity (Wildman–Crippen MR) is 55.4 cm³/mol. The fraction of sp³-hybridized carbons (Fsp3) is 0.545. The zero-order chi connectivity index (χ0) is 10.2. The van der Waals surface area contributed by atoms with Gasteiger partial charge in [0.25, 0.3) is 5.56 Å². The second kappa shape index (κ2) is 3.36. The summed E-state index contributed by atoms with van der Waals surface area (Å²) in [5.41, 5.74) is 4.28. The summed E-state index contributed by atoms with van der Waals surface area (Å²) < 4.78 is 0. The van der Waals surface area contributed by atoms with E-state index in [-0.39, 0.29) is 5.56 Å². The topological polar surface area (TPSA) is 32.9 Å². The molecule has 1 aromatic heterocycles. The highest BCUT2D eigenvalue weighted by Gasteiger charge is 2.09. The van der Waals surface area contributed by atoms with Crippen molar-refractivity contribution in [3.63, 3.8) is 0 Å². The van der Waals surface area contributed by atoms with Crippen LogP contribution in [0.2, 0.25) is 0 Å². The van der Waals surface area contributed by atoms with Crippen molar-refractivity contribution < 1.29 is 0 Å². The molecule has 2 heteroatoms. The zero-order valence-corrected chi connectivity index (χ0v) is 8.99. The third-order valence-corrected chi connectivity index (χ3v) is 2.70. The normalized spacial score (nSPS) is 10.9. The van der Waals surface area contributed by atoms with Crippen molar-refractivity contribution in [1.29, 1.82) is 0 Å². The van der Waals surface area contributed by atoms with E-state index in [0.29, 0.717) is 5.92 Å². The first-order valence-electron chi connectivity index (χ1n) is 4.65. The number of aromatic nitrogens is 1. The lowest BCUT2D eigenvalue weighted by atomic mass is 9.98. The van der Waals surface area contributed by atoms with Gasteiger partial charge in [0, 0.05) is 11.3 Å². The molecule has 0 radical (unpaired) electrons. The highest BCUT2D eigenvalue weighted by molar-refractivity contribution is 5.34. The molecule has 0 amide bonds. The lowest BCUT2D eigenvalue weighted by Crippen LogP contribution is -2.16. The quantitative estimate of drug-likeness (QED) is 0.705. The van der Waals surface area contributed by atoms with E-state index in [1.54, 1.807) is 0 Å². The summed E-state index contributed by atoms with van der Waals surface area (Å²) in [6.07, 6.45) is 0. The lowest BCUT2D eigenvalue weighted by Gasteiger charge is -2.13. The summed E-state index contributed by atoms with van der Waals surface area (Å²) in [6.45, 7) is 10.1. The van der Waals surface area contributed by atoms with E-state index in [9.17, 15) is 4.79 Å². The number of hydrogen-bond donors (Lipinski definition) is 1. The maximum Gasteiger partial charge on any atom is 0.251 e. The summed E-state index contributed by atoms with van der Waals surface area (Å²) >= 11 is 0. The molecule has 2 nitrogen and oxygen atoms in total. The van der Waals surface area contributed by atoms with Gasteiger partial charge < -0.3 is 4.98 Å². The third-order valence-electron chi connectivity index (χ3n) is 2.70. The first-order valence-corrected chi connectivity index (χ1v) is 4.65. The molecule has 1 heterocycles. The van der Waals surface area contributed by atoms with E-state index >= 15 is 0 Å². The highest BCUT2D eigenvalue weighted by Crippen LogP contribution is 2.18. The van der Waals surface area contributed by atoms with Crippen LogP contribution >= 0.6 is 0 Å². The molecule has 1 aromatic rings. The van der Waals surface area contributed by atoms with Gasteiger partial charge in [-0.25, -0.2) is 0 Å². The van der Waals surface area contributed by atoms with Crippen LogP contribution in [-0.4, -0.2) is 4.98 Å². The standard InChI is InChI=1S/C11H17NO/c1-6(2)10-8(4)7(3)9(5)11(13)12-10/h6H,1-5H3,(H,12,13). The average molecular weight is 179 g/mol. The summed E-state index contributed by atoms with van der Waals surface area (Å²) in [5, 5.41) is 0. The SMILES string of the molecule is Cc1c(C(C)C)[nH]c(=O)c(C)c1C. The lowest BCUT2D eigenvalue weighted by molar-refractivity contribution is 0.797. The van der Waals surface area contributed by atoms with Crippen molar-refractivity contribution in [2.45, 2.75) is 40.5 Å². The van der Waals surface area contributed by atoms with E-state index in [2.05, 4.69) is 25.8 Å². The molecule has 1 rings (SSSR count). The van der Waals surface area contributed by atoms with Crippen LogP contribution in [0, 0.1) is 20.8 Å². The fourth-order valence-electron chi connectivity index (χ4n) is 1.54. The van der Waals surface area contributed by atoms with Gasteiger partial charge in [-0.3, -0.25) is 4.79 Å². The molecular formula is C11H17NO. The molecule has 0 saturated heterocycles. The number of nitrogens with one attached hydrogen (secondary N) is 1. The second-order valence-electron chi connectivity index (χ2n) is 3.90. The summed E-state index contributed by atoms with van der Waals surface area (Å²) in [6, 6.07) is 0. The van der Waals surface area contributed by atoms with Crippen LogP contribution in [0.3, 0.4) is 0 Å². The zero-order valence-electron chi connectivity index (χ0n) is 8.99. The fourth-order valence-corrected chi connectivity index (χ4v) is 1.54. The summed E-state index contributed by atoms with van der Waals surface area (Å²) in [7, 11) is 0. The van der Waals surface area contributed by atoms with E-state index in [1.807, 2.05) is 13.8 Å². The minimum atomic E-state index is 0.0480. The Kier molecular flexibility index (Phi) is 2.60. The van der Waals surface area contributed by atoms with Crippen LogP contribution in [0.25, 0.3) is 0 Å². The number of hydrogen-bond acceptors (Lipinski definition) is 1. The first-order chi connectivity index (χ1) is 5.95. The van der Waals surface area contributed by atoms with Crippen molar-refractivity contribution in [1.82, 2.24) is 4.98 Å². The Hall–Kier alpha value is -1.05. The molecule has 0 spiro atoms. The number of rotatable bonds is 1. The van der Waals surface area contributed by atoms with Gasteiger partial charge in [0.15, 0.2) is 0 Å². The number of pyridine rings is 1. The van der Waals surface area contributed by atoms with Crippen LogP contribution < -0.4 is 5.56 Å². The van der Waals surface area contributed by atoms with Crippen LogP contribution in [0.4, 0.5) is 0 Å². The Bertz CT molecular complexity index is 374. The Labute approximate surface area is 79.0 Å². The van der Waals surface area contributed by atoms with Crippen LogP contribution in [-0.2, 0) is 0 Å². The van der Waals surface area contributed by atoms with Gasteiger partial charge in [-0.1, -0.05) is 13.8 Å². The molecule has 0 atom stereocenters. The maximum absolute atomic E-state index is 11.5. The van der Waals surface area contributed by atoms with E-state index < -0.39 is 0 Å². The summed E-state index contributed by atoms with van der Waals surface area (Å²) in [4.78, 5) is 14.4. The molecule has 0 unspecified atom stereocenters. The van der Waals surface area contributed by atoms with Gasteiger partial charge in [0.05, 0.1) is 0 Å². The minimum Gasteiger partial charge on any atom is -0.325 e. The third kappa shape index (κ3) is 1.67. The van der Waals surface area contributed by atoms with Gasteiger partial charge >= 0.3 is 0 Å².